The third-order valence-electron chi connectivity index (χ3n) is 8.09. The van der Waals surface area contributed by atoms with Crippen molar-refractivity contribution in [2.24, 2.45) is 0 Å². The molecule has 0 aliphatic carbocycles. The number of aromatic nitrogens is 5. The number of ether oxygens (including phenoxy) is 1. The van der Waals surface area contributed by atoms with E-state index in [1.54, 1.807) is 4.63 Å². The number of benzene rings is 1. The molecule has 0 fully saturated rings. The number of unbranched alkanes of at least 4 members (excludes halogenated alkanes) is 12. The van der Waals surface area contributed by atoms with Gasteiger partial charge in [0.15, 0.2) is 0 Å². The molecule has 0 saturated carbocycles. The highest BCUT2D eigenvalue weighted by molar-refractivity contribution is 9.10. The molecular weight excluding hydrogens is 592 g/mol. The van der Waals surface area contributed by atoms with Crippen LogP contribution in [0.1, 0.15) is 135 Å². The number of tetrazole rings is 1. The Labute approximate surface area is 261 Å². The maximum Gasteiger partial charge on any atom is 0.220 e. The lowest BCUT2D eigenvalue weighted by molar-refractivity contribution is -0.121. The number of H-pyrrole nitrogens is 1. The van der Waals surface area contributed by atoms with Crippen molar-refractivity contribution in [3.8, 4) is 5.75 Å². The van der Waals surface area contributed by atoms with Crippen LogP contribution in [0.3, 0.4) is 0 Å². The number of aryl methyl sites for hydroxylation is 1. The molecule has 234 valence electrons. The normalized spacial score (nSPS) is 11.8. The van der Waals surface area contributed by atoms with E-state index in [9.17, 15) is 4.79 Å². The third-order valence-corrected chi connectivity index (χ3v) is 8.82. The first-order valence-corrected chi connectivity index (χ1v) is 17.1. The molecule has 3 rings (SSSR count). The van der Waals surface area contributed by atoms with Gasteiger partial charge in [0.1, 0.15) is 5.75 Å². The number of hydrogen-bond donors (Lipinski definition) is 2. The molecule has 1 amide bonds. The monoisotopic (exact) mass is 644 g/mol. The Bertz CT molecular complexity index is 1170. The van der Waals surface area contributed by atoms with Crippen LogP contribution in [-0.2, 0) is 16.6 Å². The summed E-state index contributed by atoms with van der Waals surface area (Å²) in [5.41, 5.74) is 2.65. The fraction of sp³-hybridized carbons (Fsp3) is 0.697. The Kier molecular flexibility index (Phi) is 15.4. The van der Waals surface area contributed by atoms with Gasteiger partial charge >= 0.3 is 0 Å². The van der Waals surface area contributed by atoms with E-state index in [1.165, 1.54) is 89.0 Å². The number of rotatable bonds is 23. The first kappa shape index (κ1) is 34.1. The summed E-state index contributed by atoms with van der Waals surface area (Å²) in [4.78, 5) is 12.4. The molecule has 42 heavy (non-hydrogen) atoms. The second-order valence-electron chi connectivity index (χ2n) is 12.3. The minimum absolute atomic E-state index is 0.0485. The summed E-state index contributed by atoms with van der Waals surface area (Å²) in [5, 5.41) is 18.1. The van der Waals surface area contributed by atoms with Crippen LogP contribution >= 0.6 is 15.9 Å². The molecular formula is C33H53BrN6O2. The van der Waals surface area contributed by atoms with Gasteiger partial charge in [0, 0.05) is 18.4 Å². The number of nitrogens with one attached hydrogen (secondary N) is 2. The van der Waals surface area contributed by atoms with E-state index >= 15 is 0 Å². The number of carbonyl (C=O) groups excluding carboxylic acids is 1. The minimum Gasteiger partial charge on any atom is -0.494 e. The van der Waals surface area contributed by atoms with Crippen molar-refractivity contribution in [2.75, 3.05) is 13.2 Å². The number of carbonyl (C=O) groups is 1. The smallest absolute Gasteiger partial charge is 0.220 e. The minimum atomic E-state index is -0.234. The van der Waals surface area contributed by atoms with Crippen molar-refractivity contribution in [2.45, 2.75) is 135 Å². The Morgan fingerprint density at radius 2 is 1.64 bits per heavy atom. The molecule has 3 aromatic rings. The summed E-state index contributed by atoms with van der Waals surface area (Å²) in [7, 11) is 0. The van der Waals surface area contributed by atoms with Crippen LogP contribution in [0.4, 0.5) is 0 Å². The SMILES string of the molecule is CCCCCCCCCCCCCCCc1cccc(OCCCC(=O)NCCC(C)(C)c2nn3[nH]nnc3c2Br)c1. The van der Waals surface area contributed by atoms with Crippen molar-refractivity contribution in [3.63, 3.8) is 0 Å². The molecule has 2 aromatic heterocycles. The van der Waals surface area contributed by atoms with E-state index in [0.29, 0.717) is 31.6 Å². The van der Waals surface area contributed by atoms with Crippen LogP contribution in [0.5, 0.6) is 5.75 Å². The highest BCUT2D eigenvalue weighted by Gasteiger charge is 2.28. The van der Waals surface area contributed by atoms with Gasteiger partial charge in [-0.2, -0.15) is 10.3 Å². The molecule has 0 saturated heterocycles. The Morgan fingerprint density at radius 1 is 0.976 bits per heavy atom. The van der Waals surface area contributed by atoms with Crippen molar-refractivity contribution in [3.05, 3.63) is 40.0 Å². The quantitative estimate of drug-likeness (QED) is 0.101. The molecule has 0 spiro atoms. The fourth-order valence-corrected chi connectivity index (χ4v) is 6.24. The van der Waals surface area contributed by atoms with Crippen molar-refractivity contribution in [1.82, 2.24) is 30.6 Å². The van der Waals surface area contributed by atoms with Crippen LogP contribution in [0.25, 0.3) is 5.65 Å². The van der Waals surface area contributed by atoms with Crippen LogP contribution in [-0.4, -0.2) is 44.3 Å². The van der Waals surface area contributed by atoms with E-state index in [2.05, 4.69) is 80.8 Å². The number of hydrogen-bond acceptors (Lipinski definition) is 5. The predicted octanol–water partition coefficient (Wildman–Crippen LogP) is 8.49. The third kappa shape index (κ3) is 12.1. The second-order valence-corrected chi connectivity index (χ2v) is 13.1. The average Bonchev–Trinajstić information content (AvgIpc) is 3.57. The summed E-state index contributed by atoms with van der Waals surface area (Å²) in [5.74, 6) is 0.948. The van der Waals surface area contributed by atoms with Gasteiger partial charge in [-0.3, -0.25) is 4.79 Å². The van der Waals surface area contributed by atoms with E-state index in [1.807, 2.05) is 6.07 Å². The Balaban J connectivity index is 1.19. The van der Waals surface area contributed by atoms with E-state index in [-0.39, 0.29) is 11.3 Å². The van der Waals surface area contributed by atoms with Gasteiger partial charge < -0.3 is 10.1 Å². The largest absolute Gasteiger partial charge is 0.494 e. The van der Waals surface area contributed by atoms with Crippen LogP contribution < -0.4 is 10.1 Å². The van der Waals surface area contributed by atoms with E-state index in [0.717, 1.165) is 28.8 Å². The lowest BCUT2D eigenvalue weighted by Gasteiger charge is -2.23. The standard InChI is InChI=1S/C33H53BrN6O2/c1-4-5-6-7-8-9-10-11-12-13-14-15-16-19-27-20-17-21-28(26-27)42-25-18-22-29(41)35-24-23-33(2,3)31-30(34)32-36-38-39-40(32)37-31/h17,20-21,26H,4-16,18-19,22-25H2,1-3H3,(H,35,41)(H,36,39). The zero-order chi connectivity index (χ0) is 30.0. The Morgan fingerprint density at radius 3 is 2.31 bits per heavy atom. The van der Waals surface area contributed by atoms with Gasteiger partial charge in [0.25, 0.3) is 0 Å². The number of fused-ring (bicyclic) bond motifs is 1. The number of aromatic amines is 1. The molecule has 9 heteroatoms. The molecule has 0 aliphatic heterocycles. The van der Waals surface area contributed by atoms with Crippen molar-refractivity contribution in [1.29, 1.82) is 0 Å². The number of halogens is 1. The van der Waals surface area contributed by atoms with Crippen LogP contribution in [0, 0.1) is 0 Å². The van der Waals surface area contributed by atoms with Gasteiger partial charge in [-0.25, -0.2) is 0 Å². The van der Waals surface area contributed by atoms with Gasteiger partial charge in [0.2, 0.25) is 11.6 Å². The Hall–Kier alpha value is -2.42. The fourth-order valence-electron chi connectivity index (χ4n) is 5.37. The zero-order valence-corrected chi connectivity index (χ0v) is 27.8. The molecule has 0 bridgehead atoms. The maximum atomic E-state index is 12.4. The number of nitrogens with zero attached hydrogens (tertiary/aromatic N) is 4. The van der Waals surface area contributed by atoms with Crippen molar-refractivity contribution < 1.29 is 9.53 Å². The van der Waals surface area contributed by atoms with Gasteiger partial charge in [-0.1, -0.05) is 110 Å². The first-order valence-electron chi connectivity index (χ1n) is 16.3. The summed E-state index contributed by atoms with van der Waals surface area (Å²) >= 11 is 3.58. The molecule has 2 N–H and O–H groups in total. The second kappa shape index (κ2) is 19.0. The van der Waals surface area contributed by atoms with Gasteiger partial charge in [0.05, 0.1) is 16.8 Å². The number of amides is 1. The van der Waals surface area contributed by atoms with Crippen molar-refractivity contribution >= 4 is 27.5 Å². The average molecular weight is 646 g/mol. The molecule has 2 heterocycles. The van der Waals surface area contributed by atoms with Crippen LogP contribution in [0.15, 0.2) is 28.7 Å². The molecule has 0 aliphatic rings. The summed E-state index contributed by atoms with van der Waals surface area (Å²) in [6.45, 7) is 7.62. The molecule has 0 atom stereocenters. The highest BCUT2D eigenvalue weighted by atomic mass is 79.9. The lowest BCUT2D eigenvalue weighted by atomic mass is 9.85. The van der Waals surface area contributed by atoms with Crippen LogP contribution in [0.2, 0.25) is 0 Å². The summed E-state index contributed by atoms with van der Waals surface area (Å²) in [6.07, 6.45) is 20.9. The molecule has 0 unspecified atom stereocenters. The lowest BCUT2D eigenvalue weighted by Crippen LogP contribution is -2.30. The summed E-state index contributed by atoms with van der Waals surface area (Å²) in [6, 6.07) is 8.44. The predicted molar refractivity (Wildman–Crippen MR) is 174 cm³/mol. The molecule has 1 aromatic carbocycles. The molecule has 0 radical (unpaired) electrons. The van der Waals surface area contributed by atoms with E-state index < -0.39 is 0 Å². The summed E-state index contributed by atoms with van der Waals surface area (Å²) < 4.78 is 8.34. The maximum absolute atomic E-state index is 12.4. The zero-order valence-electron chi connectivity index (χ0n) is 26.2. The topological polar surface area (TPSA) is 97.2 Å². The molecule has 8 nitrogen and oxygen atoms in total. The van der Waals surface area contributed by atoms with Gasteiger partial charge in [-0.05, 0) is 64.5 Å². The first-order chi connectivity index (χ1) is 20.4. The highest BCUT2D eigenvalue weighted by Crippen LogP contribution is 2.33. The van der Waals surface area contributed by atoms with Gasteiger partial charge in [-0.15, -0.1) is 9.73 Å². The van der Waals surface area contributed by atoms with E-state index in [4.69, 9.17) is 4.74 Å².